The summed E-state index contributed by atoms with van der Waals surface area (Å²) in [4.78, 5) is 2.43. The maximum absolute atomic E-state index is 9.75. The third kappa shape index (κ3) is 1.96. The van der Waals surface area contributed by atoms with Gasteiger partial charge < -0.3 is 5.11 Å². The summed E-state index contributed by atoms with van der Waals surface area (Å²) in [5.74, 6) is 0.398. The van der Waals surface area contributed by atoms with Crippen LogP contribution in [0.25, 0.3) is 0 Å². The van der Waals surface area contributed by atoms with Crippen molar-refractivity contribution in [3.05, 3.63) is 0 Å². The molecule has 1 N–H and O–H groups in total. The number of nitrogens with zero attached hydrogens (tertiary/aromatic N) is 1. The second-order valence-corrected chi connectivity index (χ2v) is 5.69. The van der Waals surface area contributed by atoms with Gasteiger partial charge in [-0.05, 0) is 24.2 Å². The summed E-state index contributed by atoms with van der Waals surface area (Å²) in [5.41, 5.74) is 0.677. The van der Waals surface area contributed by atoms with Gasteiger partial charge in [0, 0.05) is 19.6 Å². The van der Waals surface area contributed by atoms with Gasteiger partial charge in [0.05, 0.1) is 6.10 Å². The average molecular weight is 197 g/mol. The molecule has 2 rings (SSSR count). The van der Waals surface area contributed by atoms with E-state index in [2.05, 4.69) is 18.7 Å². The van der Waals surface area contributed by atoms with Crippen LogP contribution in [-0.2, 0) is 0 Å². The van der Waals surface area contributed by atoms with E-state index in [1.807, 2.05) is 0 Å². The first-order valence-corrected chi connectivity index (χ1v) is 6.02. The first-order valence-electron chi connectivity index (χ1n) is 6.02. The van der Waals surface area contributed by atoms with Gasteiger partial charge in [0.25, 0.3) is 0 Å². The smallest absolute Gasteiger partial charge is 0.0689 e. The molecule has 1 unspecified atom stereocenters. The zero-order chi connectivity index (χ0) is 10.2. The van der Waals surface area contributed by atoms with Crippen LogP contribution in [0.4, 0.5) is 0 Å². The lowest BCUT2D eigenvalue weighted by Gasteiger charge is -2.49. The van der Waals surface area contributed by atoms with E-state index in [9.17, 15) is 5.11 Å². The Morgan fingerprint density at radius 2 is 1.79 bits per heavy atom. The van der Waals surface area contributed by atoms with Crippen LogP contribution in [0.5, 0.6) is 0 Å². The third-order valence-electron chi connectivity index (χ3n) is 4.00. The van der Waals surface area contributed by atoms with Crippen molar-refractivity contribution >= 4 is 0 Å². The van der Waals surface area contributed by atoms with Crippen LogP contribution in [0.15, 0.2) is 0 Å². The van der Waals surface area contributed by atoms with E-state index in [4.69, 9.17) is 0 Å². The molecule has 0 aromatic rings. The number of aliphatic hydroxyl groups is 1. The Labute approximate surface area is 87.3 Å². The zero-order valence-corrected chi connectivity index (χ0v) is 9.50. The standard InChI is InChI=1S/C12H23NO/c1-10(2)11(14)7-13-8-12(9-13)5-3-4-6-12/h10-11,14H,3-9H2,1-2H3. The SMILES string of the molecule is CC(C)C(O)CN1CC2(CCCC2)C1. The van der Waals surface area contributed by atoms with Gasteiger partial charge in [0.1, 0.15) is 0 Å². The molecule has 1 heterocycles. The number of rotatable bonds is 3. The molecular weight excluding hydrogens is 174 g/mol. The fraction of sp³-hybridized carbons (Fsp3) is 1.00. The van der Waals surface area contributed by atoms with E-state index in [0.717, 1.165) is 6.54 Å². The normalized spacial score (nSPS) is 28.3. The summed E-state index contributed by atoms with van der Waals surface area (Å²) >= 11 is 0. The van der Waals surface area contributed by atoms with Crippen molar-refractivity contribution in [3.8, 4) is 0 Å². The fourth-order valence-corrected chi connectivity index (χ4v) is 2.95. The molecule has 1 saturated carbocycles. The quantitative estimate of drug-likeness (QED) is 0.746. The molecule has 82 valence electrons. The summed E-state index contributed by atoms with van der Waals surface area (Å²) in [6.07, 6.45) is 5.60. The van der Waals surface area contributed by atoms with Crippen molar-refractivity contribution in [2.24, 2.45) is 11.3 Å². The number of hydrogen-bond donors (Lipinski definition) is 1. The molecule has 0 amide bonds. The largest absolute Gasteiger partial charge is 0.392 e. The molecule has 1 spiro atoms. The predicted octanol–water partition coefficient (Wildman–Crippen LogP) is 1.88. The minimum Gasteiger partial charge on any atom is -0.392 e. The first kappa shape index (κ1) is 10.4. The maximum atomic E-state index is 9.75. The highest BCUT2D eigenvalue weighted by Crippen LogP contribution is 2.45. The number of hydrogen-bond acceptors (Lipinski definition) is 2. The molecule has 2 heteroatoms. The fourth-order valence-electron chi connectivity index (χ4n) is 2.95. The highest BCUT2D eigenvalue weighted by atomic mass is 16.3. The van der Waals surface area contributed by atoms with E-state index in [1.54, 1.807) is 0 Å². The zero-order valence-electron chi connectivity index (χ0n) is 9.50. The van der Waals surface area contributed by atoms with Crippen molar-refractivity contribution in [1.29, 1.82) is 0 Å². The molecule has 1 aliphatic carbocycles. The Hall–Kier alpha value is -0.0800. The van der Waals surface area contributed by atoms with Gasteiger partial charge in [-0.1, -0.05) is 26.7 Å². The molecule has 2 nitrogen and oxygen atoms in total. The van der Waals surface area contributed by atoms with Crippen molar-refractivity contribution in [1.82, 2.24) is 4.90 Å². The van der Waals surface area contributed by atoms with Crippen molar-refractivity contribution < 1.29 is 5.11 Å². The molecule has 0 aromatic heterocycles. The molecule has 0 aromatic carbocycles. The summed E-state index contributed by atoms with van der Waals surface area (Å²) in [5, 5.41) is 9.75. The van der Waals surface area contributed by atoms with E-state index < -0.39 is 0 Å². The van der Waals surface area contributed by atoms with Crippen LogP contribution in [0.3, 0.4) is 0 Å². The van der Waals surface area contributed by atoms with Gasteiger partial charge in [-0.25, -0.2) is 0 Å². The van der Waals surface area contributed by atoms with E-state index >= 15 is 0 Å². The Morgan fingerprint density at radius 3 is 2.29 bits per heavy atom. The van der Waals surface area contributed by atoms with Gasteiger partial charge in [-0.15, -0.1) is 0 Å². The van der Waals surface area contributed by atoms with Crippen LogP contribution in [0.1, 0.15) is 39.5 Å². The molecule has 14 heavy (non-hydrogen) atoms. The van der Waals surface area contributed by atoms with Crippen LogP contribution < -0.4 is 0 Å². The van der Waals surface area contributed by atoms with Crippen molar-refractivity contribution in [2.45, 2.75) is 45.6 Å². The van der Waals surface area contributed by atoms with Crippen molar-refractivity contribution in [3.63, 3.8) is 0 Å². The molecule has 2 fully saturated rings. The van der Waals surface area contributed by atoms with Gasteiger partial charge in [0.15, 0.2) is 0 Å². The lowest BCUT2D eigenvalue weighted by molar-refractivity contribution is -0.0327. The van der Waals surface area contributed by atoms with E-state index in [0.29, 0.717) is 11.3 Å². The molecule has 1 aliphatic heterocycles. The lowest BCUT2D eigenvalue weighted by atomic mass is 9.78. The summed E-state index contributed by atoms with van der Waals surface area (Å²) < 4.78 is 0. The Balaban J connectivity index is 1.72. The second kappa shape index (κ2) is 3.82. The second-order valence-electron chi connectivity index (χ2n) is 5.69. The number of likely N-dealkylation sites (tertiary alicyclic amines) is 1. The number of aliphatic hydroxyl groups excluding tert-OH is 1. The van der Waals surface area contributed by atoms with E-state index in [-0.39, 0.29) is 6.10 Å². The van der Waals surface area contributed by atoms with Crippen LogP contribution in [-0.4, -0.2) is 35.7 Å². The Bertz CT molecular complexity index is 186. The van der Waals surface area contributed by atoms with Crippen LogP contribution in [0, 0.1) is 11.3 Å². The van der Waals surface area contributed by atoms with Crippen molar-refractivity contribution in [2.75, 3.05) is 19.6 Å². The maximum Gasteiger partial charge on any atom is 0.0689 e. The Kier molecular flexibility index (Phi) is 2.85. The molecule has 1 atom stereocenters. The van der Waals surface area contributed by atoms with Gasteiger partial charge in [-0.2, -0.15) is 0 Å². The molecule has 0 bridgehead atoms. The first-order chi connectivity index (χ1) is 6.61. The van der Waals surface area contributed by atoms with Gasteiger partial charge >= 0.3 is 0 Å². The lowest BCUT2D eigenvalue weighted by Crippen LogP contribution is -2.57. The highest BCUT2D eigenvalue weighted by Gasteiger charge is 2.44. The van der Waals surface area contributed by atoms with E-state index in [1.165, 1.54) is 38.8 Å². The summed E-state index contributed by atoms with van der Waals surface area (Å²) in [6, 6.07) is 0. The topological polar surface area (TPSA) is 23.5 Å². The summed E-state index contributed by atoms with van der Waals surface area (Å²) in [7, 11) is 0. The Morgan fingerprint density at radius 1 is 1.21 bits per heavy atom. The van der Waals surface area contributed by atoms with Crippen LogP contribution in [0.2, 0.25) is 0 Å². The highest BCUT2D eigenvalue weighted by molar-refractivity contribution is 4.98. The molecular formula is C12H23NO. The minimum atomic E-state index is -0.131. The molecule has 1 saturated heterocycles. The monoisotopic (exact) mass is 197 g/mol. The van der Waals surface area contributed by atoms with Gasteiger partial charge in [0.2, 0.25) is 0 Å². The third-order valence-corrected chi connectivity index (χ3v) is 4.00. The summed E-state index contributed by atoms with van der Waals surface area (Å²) in [6.45, 7) is 7.57. The number of β-amino-alcohol motifs (C(OH)–C–C–N with tert-alkyl or cyclic N) is 1. The minimum absolute atomic E-state index is 0.131. The molecule has 2 aliphatic rings. The average Bonchev–Trinajstić information content (AvgIpc) is 2.51. The molecule has 0 radical (unpaired) electrons. The van der Waals surface area contributed by atoms with Crippen LogP contribution >= 0.6 is 0 Å². The predicted molar refractivity (Wildman–Crippen MR) is 58.2 cm³/mol. The van der Waals surface area contributed by atoms with Gasteiger partial charge in [-0.3, -0.25) is 4.90 Å².